The number of aliphatic hydroxyl groups is 2. The van der Waals surface area contributed by atoms with Gasteiger partial charge in [-0.15, -0.1) is 0 Å². The van der Waals surface area contributed by atoms with Crippen molar-refractivity contribution in [2.24, 2.45) is 5.92 Å². The van der Waals surface area contributed by atoms with E-state index in [0.29, 0.717) is 0 Å². The average molecular weight is 176 g/mol. The highest BCUT2D eigenvalue weighted by molar-refractivity contribution is 5.73. The van der Waals surface area contributed by atoms with Gasteiger partial charge in [0.2, 0.25) is 0 Å². The van der Waals surface area contributed by atoms with Gasteiger partial charge >= 0.3 is 5.97 Å². The lowest BCUT2D eigenvalue weighted by Gasteiger charge is -2.11. The summed E-state index contributed by atoms with van der Waals surface area (Å²) in [4.78, 5) is 10.5. The normalized spacial score (nSPS) is 41.6. The Hall–Kier alpha value is -0.650. The SMILES string of the molecule is C[C@H]1C(O)[C@@H](CO)O[C@@H]1C(=O)O. The van der Waals surface area contributed by atoms with Crippen molar-refractivity contribution in [1.82, 2.24) is 0 Å². The summed E-state index contributed by atoms with van der Waals surface area (Å²) in [7, 11) is 0. The molecule has 70 valence electrons. The first kappa shape index (κ1) is 9.44. The zero-order valence-electron chi connectivity index (χ0n) is 6.67. The van der Waals surface area contributed by atoms with Crippen molar-refractivity contribution in [3.05, 3.63) is 0 Å². The van der Waals surface area contributed by atoms with Gasteiger partial charge < -0.3 is 20.1 Å². The van der Waals surface area contributed by atoms with Crippen LogP contribution in [0.25, 0.3) is 0 Å². The minimum atomic E-state index is -1.10. The summed E-state index contributed by atoms with van der Waals surface area (Å²) >= 11 is 0. The van der Waals surface area contributed by atoms with Crippen LogP contribution in [0.1, 0.15) is 6.92 Å². The first-order valence-electron chi connectivity index (χ1n) is 3.75. The zero-order valence-corrected chi connectivity index (χ0v) is 6.67. The number of ether oxygens (including phenoxy) is 1. The van der Waals surface area contributed by atoms with Crippen LogP contribution in [0.2, 0.25) is 0 Å². The molecule has 1 fully saturated rings. The van der Waals surface area contributed by atoms with Gasteiger partial charge in [-0.05, 0) is 0 Å². The lowest BCUT2D eigenvalue weighted by atomic mass is 9.99. The Morgan fingerprint density at radius 1 is 1.58 bits per heavy atom. The first-order valence-corrected chi connectivity index (χ1v) is 3.75. The summed E-state index contributed by atoms with van der Waals surface area (Å²) in [6.45, 7) is 1.23. The molecule has 1 saturated heterocycles. The molecule has 0 aliphatic carbocycles. The van der Waals surface area contributed by atoms with Crippen LogP contribution in [0, 0.1) is 5.92 Å². The third-order valence-electron chi connectivity index (χ3n) is 2.14. The van der Waals surface area contributed by atoms with Crippen LogP contribution in [0.4, 0.5) is 0 Å². The van der Waals surface area contributed by atoms with Gasteiger partial charge in [0.15, 0.2) is 6.10 Å². The van der Waals surface area contributed by atoms with Crippen molar-refractivity contribution in [3.63, 3.8) is 0 Å². The summed E-state index contributed by atoms with van der Waals surface area (Å²) in [6.07, 6.45) is -2.66. The molecule has 5 nitrogen and oxygen atoms in total. The third-order valence-corrected chi connectivity index (χ3v) is 2.14. The molecule has 1 heterocycles. The Kier molecular flexibility index (Phi) is 2.66. The van der Waals surface area contributed by atoms with Crippen LogP contribution < -0.4 is 0 Å². The second-order valence-corrected chi connectivity index (χ2v) is 2.97. The van der Waals surface area contributed by atoms with Crippen LogP contribution in [0.3, 0.4) is 0 Å². The number of carboxylic acid groups (broad SMARTS) is 1. The molecule has 0 aromatic carbocycles. The highest BCUT2D eigenvalue weighted by Gasteiger charge is 2.44. The molecule has 0 bridgehead atoms. The first-order chi connectivity index (χ1) is 5.57. The molecule has 12 heavy (non-hydrogen) atoms. The van der Waals surface area contributed by atoms with Crippen molar-refractivity contribution in [2.45, 2.75) is 25.2 Å². The van der Waals surface area contributed by atoms with E-state index in [9.17, 15) is 9.90 Å². The van der Waals surface area contributed by atoms with Gasteiger partial charge in [-0.1, -0.05) is 6.92 Å². The fraction of sp³-hybridized carbons (Fsp3) is 0.857. The van der Waals surface area contributed by atoms with E-state index < -0.39 is 30.2 Å². The molecule has 0 saturated carbocycles. The molecule has 0 radical (unpaired) electrons. The van der Waals surface area contributed by atoms with Gasteiger partial charge in [0.1, 0.15) is 6.10 Å². The van der Waals surface area contributed by atoms with E-state index in [1.54, 1.807) is 6.92 Å². The Morgan fingerprint density at radius 2 is 2.17 bits per heavy atom. The maximum Gasteiger partial charge on any atom is 0.333 e. The van der Waals surface area contributed by atoms with Crippen LogP contribution in [0.5, 0.6) is 0 Å². The van der Waals surface area contributed by atoms with Crippen LogP contribution >= 0.6 is 0 Å². The largest absolute Gasteiger partial charge is 0.479 e. The second kappa shape index (κ2) is 3.38. The lowest BCUT2D eigenvalue weighted by Crippen LogP contribution is -2.29. The number of aliphatic hydroxyl groups excluding tert-OH is 2. The van der Waals surface area contributed by atoms with E-state index in [4.69, 9.17) is 14.9 Å². The van der Waals surface area contributed by atoms with Gasteiger partial charge in [0.05, 0.1) is 12.7 Å². The molecule has 4 atom stereocenters. The predicted molar refractivity (Wildman–Crippen MR) is 38.6 cm³/mol. The smallest absolute Gasteiger partial charge is 0.333 e. The Morgan fingerprint density at radius 3 is 2.42 bits per heavy atom. The van der Waals surface area contributed by atoms with Gasteiger partial charge in [0, 0.05) is 5.92 Å². The van der Waals surface area contributed by atoms with Crippen molar-refractivity contribution in [2.75, 3.05) is 6.61 Å². The highest BCUT2D eigenvalue weighted by atomic mass is 16.6. The fourth-order valence-corrected chi connectivity index (χ4v) is 1.34. The third kappa shape index (κ3) is 1.43. The van der Waals surface area contributed by atoms with E-state index in [2.05, 4.69) is 0 Å². The number of hydrogen-bond donors (Lipinski definition) is 3. The minimum absolute atomic E-state index is 0.352. The molecule has 0 aromatic rings. The van der Waals surface area contributed by atoms with Crippen LogP contribution in [-0.4, -0.2) is 46.2 Å². The second-order valence-electron chi connectivity index (χ2n) is 2.97. The molecule has 3 N–H and O–H groups in total. The summed E-state index contributed by atoms with van der Waals surface area (Å²) < 4.78 is 4.90. The Bertz CT molecular complexity index is 181. The van der Waals surface area contributed by atoms with Gasteiger partial charge in [-0.2, -0.15) is 0 Å². The monoisotopic (exact) mass is 176 g/mol. The number of hydrogen-bond acceptors (Lipinski definition) is 4. The highest BCUT2D eigenvalue weighted by Crippen LogP contribution is 2.26. The predicted octanol–water partition coefficient (Wildman–Crippen LogP) is -1.17. The lowest BCUT2D eigenvalue weighted by molar-refractivity contribution is -0.151. The molecule has 1 aliphatic rings. The van der Waals surface area contributed by atoms with Crippen molar-refractivity contribution < 1.29 is 24.9 Å². The van der Waals surface area contributed by atoms with Crippen molar-refractivity contribution in [3.8, 4) is 0 Å². The number of rotatable bonds is 2. The Balaban J connectivity index is 2.66. The number of aliphatic carboxylic acids is 1. The van der Waals surface area contributed by atoms with Crippen molar-refractivity contribution in [1.29, 1.82) is 0 Å². The molecule has 1 rings (SSSR count). The van der Waals surface area contributed by atoms with Gasteiger partial charge in [0.25, 0.3) is 0 Å². The van der Waals surface area contributed by atoms with Crippen LogP contribution in [-0.2, 0) is 9.53 Å². The summed E-state index contributed by atoms with van der Waals surface area (Å²) in [6, 6.07) is 0. The van der Waals surface area contributed by atoms with Crippen molar-refractivity contribution >= 4 is 5.97 Å². The molecule has 1 unspecified atom stereocenters. The average Bonchev–Trinajstić information content (AvgIpc) is 2.30. The maximum absolute atomic E-state index is 10.5. The fourth-order valence-electron chi connectivity index (χ4n) is 1.34. The molecule has 0 spiro atoms. The van der Waals surface area contributed by atoms with E-state index in [1.807, 2.05) is 0 Å². The molecule has 1 aliphatic heterocycles. The van der Waals surface area contributed by atoms with Gasteiger partial charge in [-0.3, -0.25) is 0 Å². The standard InChI is InChI=1S/C7H12O5/c1-3-5(9)4(2-8)12-6(3)7(10)11/h3-6,8-9H,2H2,1H3,(H,10,11)/t3-,4+,5?,6-/m0/s1. The summed E-state index contributed by atoms with van der Waals surface area (Å²) in [5.41, 5.74) is 0. The topological polar surface area (TPSA) is 87.0 Å². The number of carboxylic acids is 1. The maximum atomic E-state index is 10.5. The molecule has 0 amide bonds. The van der Waals surface area contributed by atoms with E-state index >= 15 is 0 Å². The summed E-state index contributed by atoms with van der Waals surface area (Å²) in [5.74, 6) is -1.57. The Labute approximate surface area is 69.6 Å². The molecular formula is C7H12O5. The minimum Gasteiger partial charge on any atom is -0.479 e. The number of carbonyl (C=O) groups is 1. The molecule has 0 aromatic heterocycles. The van der Waals surface area contributed by atoms with Crippen LogP contribution in [0.15, 0.2) is 0 Å². The molecular weight excluding hydrogens is 164 g/mol. The summed E-state index contributed by atoms with van der Waals surface area (Å²) in [5, 5.41) is 26.6. The quantitative estimate of drug-likeness (QED) is 0.493. The van der Waals surface area contributed by atoms with E-state index in [0.717, 1.165) is 0 Å². The van der Waals surface area contributed by atoms with E-state index in [-0.39, 0.29) is 6.61 Å². The molecule has 5 heteroatoms. The van der Waals surface area contributed by atoms with Gasteiger partial charge in [-0.25, -0.2) is 4.79 Å². The van der Waals surface area contributed by atoms with E-state index in [1.165, 1.54) is 0 Å². The zero-order chi connectivity index (χ0) is 9.30.